The van der Waals surface area contributed by atoms with Gasteiger partial charge in [0.1, 0.15) is 10.6 Å². The first-order valence-electron chi connectivity index (χ1n) is 20.7. The Morgan fingerprint density at radius 2 is 0.455 bits per heavy atom. The summed E-state index contributed by atoms with van der Waals surface area (Å²) < 4.78 is 0. The number of hydrogen-bond donors (Lipinski definition) is 0. The van der Waals surface area contributed by atoms with Gasteiger partial charge >= 0.3 is 0 Å². The van der Waals surface area contributed by atoms with Gasteiger partial charge in [-0.05, 0) is 166 Å². The van der Waals surface area contributed by atoms with Crippen molar-refractivity contribution in [3.63, 3.8) is 0 Å². The quantitative estimate of drug-likeness (QED) is 0.249. The standard InChI is InChI=1S/C42H70P2/c1-7-21-35(22-8-1)43(36-23-9-2-10-24-36,37-25-11-3-12-26-37)41-33-19-20-34-42(41)44(38-27-13-4-14-28-38,39-29-15-5-16-30-39)40-31-17-6-18-32-40/h19-20,33-40H,1-18,21-32H2/q+2. The van der Waals surface area contributed by atoms with Crippen LogP contribution in [0.4, 0.5) is 0 Å². The summed E-state index contributed by atoms with van der Waals surface area (Å²) in [5.41, 5.74) is 6.39. The average molecular weight is 637 g/mol. The first-order chi connectivity index (χ1) is 21.9. The van der Waals surface area contributed by atoms with E-state index in [9.17, 15) is 0 Å². The fourth-order valence-corrected chi connectivity index (χ4v) is 29.1. The molecule has 1 aromatic carbocycles. The number of benzene rings is 1. The largest absolute Gasteiger partial charge is 0.136 e. The molecule has 1 aromatic rings. The Labute approximate surface area is 275 Å². The van der Waals surface area contributed by atoms with Crippen LogP contribution in [0.5, 0.6) is 0 Å². The molecule has 0 spiro atoms. The molecule has 6 fully saturated rings. The van der Waals surface area contributed by atoms with E-state index in [0.29, 0.717) is 0 Å². The molecule has 246 valence electrons. The molecule has 44 heavy (non-hydrogen) atoms. The zero-order valence-corrected chi connectivity index (χ0v) is 30.7. The minimum absolute atomic E-state index is 1.06. The SMILES string of the molecule is c1ccc([P+](C2CCCCC2)(C2CCCCC2)C2CCCCC2)c([P+](C2CCCCC2)(C2CCCCC2)C2CCCCC2)c1. The van der Waals surface area contributed by atoms with Gasteiger partial charge in [0, 0.05) is 0 Å². The van der Waals surface area contributed by atoms with E-state index in [0.717, 1.165) is 34.0 Å². The maximum Gasteiger partial charge on any atom is 0.136 e. The maximum atomic E-state index is 2.93. The summed E-state index contributed by atoms with van der Waals surface area (Å²) in [6.45, 7) is 0. The third kappa shape index (κ3) is 6.19. The van der Waals surface area contributed by atoms with Crippen molar-refractivity contribution < 1.29 is 0 Å². The van der Waals surface area contributed by atoms with Gasteiger partial charge in [0.15, 0.2) is 0 Å². The number of hydrogen-bond acceptors (Lipinski definition) is 0. The summed E-state index contributed by atoms with van der Waals surface area (Å²) in [5, 5.41) is 4.33. The van der Waals surface area contributed by atoms with Gasteiger partial charge in [-0.15, -0.1) is 0 Å². The summed E-state index contributed by atoms with van der Waals surface area (Å²) >= 11 is 0. The summed E-state index contributed by atoms with van der Waals surface area (Å²) in [4.78, 5) is 0. The molecular formula is C42H70P2+2. The van der Waals surface area contributed by atoms with Crippen molar-refractivity contribution >= 4 is 25.1 Å². The zero-order valence-electron chi connectivity index (χ0n) is 28.9. The zero-order chi connectivity index (χ0) is 29.7. The van der Waals surface area contributed by atoms with Crippen molar-refractivity contribution in [3.05, 3.63) is 24.3 Å². The highest BCUT2D eigenvalue weighted by atomic mass is 31.2. The summed E-state index contributed by atoms with van der Waals surface area (Å²) in [7, 11) is -2.67. The molecule has 0 N–H and O–H groups in total. The lowest BCUT2D eigenvalue weighted by molar-refractivity contribution is 0.453. The molecule has 0 atom stereocenters. The molecule has 6 aliphatic carbocycles. The number of rotatable bonds is 8. The minimum atomic E-state index is -1.33. The normalized spacial score (nSPS) is 27.5. The highest BCUT2D eigenvalue weighted by Gasteiger charge is 2.66. The Kier molecular flexibility index (Phi) is 11.5. The first kappa shape index (κ1) is 32.6. The van der Waals surface area contributed by atoms with E-state index < -0.39 is 14.5 Å². The molecule has 0 aliphatic heterocycles. The monoisotopic (exact) mass is 636 g/mol. The molecular weight excluding hydrogens is 566 g/mol. The Morgan fingerprint density at radius 1 is 0.273 bits per heavy atom. The molecule has 0 unspecified atom stereocenters. The summed E-state index contributed by atoms with van der Waals surface area (Å²) in [5.74, 6) is 0. The fourth-order valence-electron chi connectivity index (χ4n) is 13.1. The van der Waals surface area contributed by atoms with Crippen LogP contribution in [0.25, 0.3) is 0 Å². The van der Waals surface area contributed by atoms with Crippen molar-refractivity contribution in [3.8, 4) is 0 Å². The summed E-state index contributed by atoms with van der Waals surface area (Å²) in [6.07, 6.45) is 46.8. The van der Waals surface area contributed by atoms with Crippen LogP contribution < -0.4 is 10.6 Å². The van der Waals surface area contributed by atoms with Crippen molar-refractivity contribution in [2.45, 2.75) is 227 Å². The molecule has 2 heteroatoms. The third-order valence-electron chi connectivity index (χ3n) is 14.8. The second-order valence-corrected chi connectivity index (χ2v) is 25.6. The van der Waals surface area contributed by atoms with E-state index in [1.54, 1.807) is 154 Å². The van der Waals surface area contributed by atoms with E-state index in [1.807, 2.05) is 0 Å². The maximum absolute atomic E-state index is 2.93. The average Bonchev–Trinajstić information content (AvgIpc) is 3.12. The third-order valence-corrected chi connectivity index (χ3v) is 27.8. The Bertz CT molecular complexity index is 822. The van der Waals surface area contributed by atoms with Crippen LogP contribution in [0.15, 0.2) is 24.3 Å². The Hall–Kier alpha value is 0.0800. The second-order valence-electron chi connectivity index (χ2n) is 16.9. The molecule has 0 radical (unpaired) electrons. The van der Waals surface area contributed by atoms with E-state index in [-0.39, 0.29) is 0 Å². The van der Waals surface area contributed by atoms with Gasteiger partial charge in [-0.1, -0.05) is 50.7 Å². The first-order valence-corrected chi connectivity index (χ1v) is 24.7. The molecule has 0 amide bonds. The van der Waals surface area contributed by atoms with E-state index in [4.69, 9.17) is 0 Å². The predicted molar refractivity (Wildman–Crippen MR) is 201 cm³/mol. The molecule has 6 aliphatic rings. The Balaban J connectivity index is 1.48. The second kappa shape index (κ2) is 15.5. The van der Waals surface area contributed by atoms with Gasteiger partial charge in [0.05, 0.1) is 48.5 Å². The van der Waals surface area contributed by atoms with Crippen LogP contribution in [-0.2, 0) is 0 Å². The van der Waals surface area contributed by atoms with Gasteiger partial charge in [-0.25, -0.2) is 0 Å². The van der Waals surface area contributed by atoms with Gasteiger partial charge in [0.25, 0.3) is 0 Å². The lowest BCUT2D eigenvalue weighted by Crippen LogP contribution is -2.51. The van der Waals surface area contributed by atoms with Gasteiger partial charge in [-0.3, -0.25) is 0 Å². The van der Waals surface area contributed by atoms with Crippen LogP contribution in [-0.4, -0.2) is 34.0 Å². The van der Waals surface area contributed by atoms with Crippen LogP contribution >= 0.6 is 14.5 Å². The van der Waals surface area contributed by atoms with Crippen molar-refractivity contribution in [1.82, 2.24) is 0 Å². The van der Waals surface area contributed by atoms with Crippen molar-refractivity contribution in [1.29, 1.82) is 0 Å². The van der Waals surface area contributed by atoms with E-state index >= 15 is 0 Å². The van der Waals surface area contributed by atoms with Gasteiger partial charge < -0.3 is 0 Å². The van der Waals surface area contributed by atoms with Crippen LogP contribution in [0.2, 0.25) is 0 Å². The van der Waals surface area contributed by atoms with Gasteiger partial charge in [-0.2, -0.15) is 0 Å². The summed E-state index contributed by atoms with van der Waals surface area (Å²) in [6, 6.07) is 11.1. The lowest BCUT2D eigenvalue weighted by atomic mass is 9.98. The highest BCUT2D eigenvalue weighted by molar-refractivity contribution is 7.90. The van der Waals surface area contributed by atoms with Crippen LogP contribution in [0.1, 0.15) is 193 Å². The van der Waals surface area contributed by atoms with E-state index in [1.165, 1.54) is 38.5 Å². The molecule has 0 saturated heterocycles. The predicted octanol–water partition coefficient (Wildman–Crippen LogP) is 13.0. The minimum Gasteiger partial charge on any atom is -0.0581 e. The lowest BCUT2D eigenvalue weighted by Gasteiger charge is -2.52. The van der Waals surface area contributed by atoms with Crippen molar-refractivity contribution in [2.75, 3.05) is 0 Å². The van der Waals surface area contributed by atoms with E-state index in [2.05, 4.69) is 34.9 Å². The molecule has 0 bridgehead atoms. The molecule has 7 rings (SSSR count). The van der Waals surface area contributed by atoms with Crippen LogP contribution in [0, 0.1) is 0 Å². The smallest absolute Gasteiger partial charge is 0.0581 e. The molecule has 0 heterocycles. The molecule has 0 aromatic heterocycles. The Morgan fingerprint density at radius 3 is 0.636 bits per heavy atom. The highest BCUT2D eigenvalue weighted by Crippen LogP contribution is 2.81. The van der Waals surface area contributed by atoms with Gasteiger partial charge in [0.2, 0.25) is 0 Å². The van der Waals surface area contributed by atoms with Crippen LogP contribution in [0.3, 0.4) is 0 Å². The van der Waals surface area contributed by atoms with Crippen molar-refractivity contribution in [2.24, 2.45) is 0 Å². The molecule has 0 nitrogen and oxygen atoms in total. The molecule has 6 saturated carbocycles. The fraction of sp³-hybridized carbons (Fsp3) is 0.857. The topological polar surface area (TPSA) is 0 Å².